The van der Waals surface area contributed by atoms with Gasteiger partial charge in [0.1, 0.15) is 18.1 Å². The summed E-state index contributed by atoms with van der Waals surface area (Å²) in [6.07, 6.45) is 0.194. The van der Waals surface area contributed by atoms with Gasteiger partial charge in [-0.05, 0) is 23.3 Å². The molecule has 1 saturated heterocycles. The van der Waals surface area contributed by atoms with Crippen LogP contribution in [-0.4, -0.2) is 41.8 Å². The lowest BCUT2D eigenvalue weighted by Gasteiger charge is -2.29. The summed E-state index contributed by atoms with van der Waals surface area (Å²) in [5.41, 5.74) is 7.04. The lowest BCUT2D eigenvalue weighted by atomic mass is 10.0. The Balaban J connectivity index is 1.56. The summed E-state index contributed by atoms with van der Waals surface area (Å²) in [6, 6.07) is 13.4. The largest absolute Gasteiger partial charge is 0.368 e. The highest BCUT2D eigenvalue weighted by molar-refractivity contribution is 6.30. The molecule has 9 heteroatoms. The monoisotopic (exact) mass is 442 g/mol. The summed E-state index contributed by atoms with van der Waals surface area (Å²) in [6.45, 7) is 0. The number of primary amides is 1. The number of halogens is 1. The van der Waals surface area contributed by atoms with Crippen LogP contribution in [0.25, 0.3) is 0 Å². The van der Waals surface area contributed by atoms with Crippen molar-refractivity contribution in [2.45, 2.75) is 37.4 Å². The zero-order valence-corrected chi connectivity index (χ0v) is 17.4. The van der Waals surface area contributed by atoms with Crippen LogP contribution in [0.1, 0.15) is 17.5 Å². The van der Waals surface area contributed by atoms with Gasteiger partial charge in [-0.3, -0.25) is 19.2 Å². The first-order chi connectivity index (χ1) is 14.8. The molecule has 0 spiro atoms. The van der Waals surface area contributed by atoms with Gasteiger partial charge in [0, 0.05) is 17.9 Å². The molecule has 0 aromatic heterocycles. The van der Waals surface area contributed by atoms with E-state index >= 15 is 0 Å². The van der Waals surface area contributed by atoms with E-state index in [0.29, 0.717) is 11.4 Å². The van der Waals surface area contributed by atoms with Crippen LogP contribution in [0.15, 0.2) is 54.6 Å². The Morgan fingerprint density at radius 3 is 2.29 bits per heavy atom. The van der Waals surface area contributed by atoms with Gasteiger partial charge in [-0.1, -0.05) is 54.1 Å². The summed E-state index contributed by atoms with van der Waals surface area (Å²) < 4.78 is 0. The van der Waals surface area contributed by atoms with Crippen LogP contribution < -0.4 is 21.7 Å². The van der Waals surface area contributed by atoms with Gasteiger partial charge in [0.2, 0.25) is 23.6 Å². The van der Waals surface area contributed by atoms with Crippen LogP contribution >= 0.6 is 11.6 Å². The van der Waals surface area contributed by atoms with Crippen molar-refractivity contribution in [3.05, 3.63) is 70.7 Å². The van der Waals surface area contributed by atoms with Crippen molar-refractivity contribution in [3.8, 4) is 0 Å². The average Bonchev–Trinajstić information content (AvgIpc) is 2.72. The summed E-state index contributed by atoms with van der Waals surface area (Å²) >= 11 is 5.95. The Kier molecular flexibility index (Phi) is 7.25. The Bertz CT molecular complexity index is 982. The standard InChI is InChI=1S/C22H23ClN4O4/c23-15-8-4-7-14(9-15)11-16(20(24)29)25-19(28)12-18-22(31)26-17(21(30)27-18)10-13-5-2-1-3-6-13/h1-9,16-18H,10-12H2,(H2,24,29)(H,25,28)(H,26,31)(H,27,30)/t16-,17+,18+/m1/s1. The van der Waals surface area contributed by atoms with Crippen LogP contribution in [0.3, 0.4) is 0 Å². The van der Waals surface area contributed by atoms with E-state index in [4.69, 9.17) is 17.3 Å². The minimum Gasteiger partial charge on any atom is -0.368 e. The minimum atomic E-state index is -1.03. The quantitative estimate of drug-likeness (QED) is 0.473. The molecule has 162 valence electrons. The van der Waals surface area contributed by atoms with E-state index in [1.54, 1.807) is 24.3 Å². The van der Waals surface area contributed by atoms with Gasteiger partial charge in [0.05, 0.1) is 6.42 Å². The number of amides is 4. The molecule has 1 heterocycles. The molecule has 0 aliphatic carbocycles. The van der Waals surface area contributed by atoms with Crippen LogP contribution in [0.4, 0.5) is 0 Å². The molecule has 0 unspecified atom stereocenters. The first-order valence-electron chi connectivity index (χ1n) is 9.79. The van der Waals surface area contributed by atoms with E-state index in [9.17, 15) is 19.2 Å². The maximum atomic E-state index is 12.4. The molecule has 3 atom stereocenters. The number of piperazine rings is 1. The number of hydrogen-bond donors (Lipinski definition) is 4. The Morgan fingerprint density at radius 2 is 1.61 bits per heavy atom. The molecule has 8 nitrogen and oxygen atoms in total. The summed E-state index contributed by atoms with van der Waals surface area (Å²) in [5.74, 6) is -2.12. The van der Waals surface area contributed by atoms with Crippen LogP contribution in [0, 0.1) is 0 Å². The highest BCUT2D eigenvalue weighted by Gasteiger charge is 2.35. The predicted molar refractivity (Wildman–Crippen MR) is 115 cm³/mol. The lowest BCUT2D eigenvalue weighted by Crippen LogP contribution is -2.63. The van der Waals surface area contributed by atoms with E-state index in [1.165, 1.54) is 0 Å². The van der Waals surface area contributed by atoms with Crippen LogP contribution in [0.2, 0.25) is 5.02 Å². The molecule has 0 saturated carbocycles. The van der Waals surface area contributed by atoms with Crippen molar-refractivity contribution in [3.63, 3.8) is 0 Å². The normalized spacial score (nSPS) is 19.1. The minimum absolute atomic E-state index is 0.157. The van der Waals surface area contributed by atoms with E-state index in [0.717, 1.165) is 11.1 Å². The molecular formula is C22H23ClN4O4. The highest BCUT2D eigenvalue weighted by Crippen LogP contribution is 2.13. The van der Waals surface area contributed by atoms with Crippen molar-refractivity contribution >= 4 is 35.2 Å². The topological polar surface area (TPSA) is 130 Å². The fourth-order valence-electron chi connectivity index (χ4n) is 3.37. The number of nitrogens with one attached hydrogen (secondary N) is 3. The Morgan fingerprint density at radius 1 is 0.968 bits per heavy atom. The molecule has 0 bridgehead atoms. The number of rotatable bonds is 8. The number of benzene rings is 2. The summed E-state index contributed by atoms with van der Waals surface area (Å²) in [7, 11) is 0. The van der Waals surface area contributed by atoms with Gasteiger partial charge in [0.15, 0.2) is 0 Å². The SMILES string of the molecule is NC(=O)[C@@H](Cc1cccc(Cl)c1)NC(=O)C[C@@H]1NC(=O)[C@H](Cc2ccccc2)NC1=O. The molecule has 31 heavy (non-hydrogen) atoms. The van der Waals surface area contributed by atoms with Crippen molar-refractivity contribution in [1.82, 2.24) is 16.0 Å². The zero-order chi connectivity index (χ0) is 22.4. The molecule has 4 amide bonds. The van der Waals surface area contributed by atoms with E-state index < -0.39 is 35.8 Å². The maximum Gasteiger partial charge on any atom is 0.243 e. The third-order valence-electron chi connectivity index (χ3n) is 4.95. The molecule has 2 aromatic rings. The van der Waals surface area contributed by atoms with Gasteiger partial charge < -0.3 is 21.7 Å². The fraction of sp³-hybridized carbons (Fsp3) is 0.273. The first-order valence-corrected chi connectivity index (χ1v) is 10.2. The summed E-state index contributed by atoms with van der Waals surface area (Å²) in [4.78, 5) is 49.0. The Labute approximate surface area is 184 Å². The van der Waals surface area contributed by atoms with Crippen molar-refractivity contribution in [1.29, 1.82) is 0 Å². The number of carbonyl (C=O) groups excluding carboxylic acids is 4. The van der Waals surface area contributed by atoms with Gasteiger partial charge in [-0.15, -0.1) is 0 Å². The number of carbonyl (C=O) groups is 4. The molecule has 1 aliphatic rings. The van der Waals surface area contributed by atoms with E-state index in [1.807, 2.05) is 30.3 Å². The number of nitrogens with two attached hydrogens (primary N) is 1. The van der Waals surface area contributed by atoms with Gasteiger partial charge in [-0.2, -0.15) is 0 Å². The van der Waals surface area contributed by atoms with Gasteiger partial charge >= 0.3 is 0 Å². The first kappa shape index (κ1) is 22.3. The van der Waals surface area contributed by atoms with Crippen molar-refractivity contribution in [2.24, 2.45) is 5.73 Å². The van der Waals surface area contributed by atoms with Crippen molar-refractivity contribution < 1.29 is 19.2 Å². The number of hydrogen-bond acceptors (Lipinski definition) is 4. The van der Waals surface area contributed by atoms with Crippen LogP contribution in [-0.2, 0) is 32.0 Å². The second-order valence-electron chi connectivity index (χ2n) is 7.37. The fourth-order valence-corrected chi connectivity index (χ4v) is 3.59. The molecule has 1 fully saturated rings. The third kappa shape index (κ3) is 6.29. The predicted octanol–water partition coefficient (Wildman–Crippen LogP) is 0.469. The molecule has 0 radical (unpaired) electrons. The van der Waals surface area contributed by atoms with Crippen LogP contribution in [0.5, 0.6) is 0 Å². The lowest BCUT2D eigenvalue weighted by molar-refractivity contribution is -0.138. The summed E-state index contributed by atoms with van der Waals surface area (Å²) in [5, 5.41) is 8.27. The van der Waals surface area contributed by atoms with Gasteiger partial charge in [-0.25, -0.2) is 0 Å². The van der Waals surface area contributed by atoms with E-state index in [-0.39, 0.29) is 18.7 Å². The molecular weight excluding hydrogens is 420 g/mol. The van der Waals surface area contributed by atoms with Crippen molar-refractivity contribution in [2.75, 3.05) is 0 Å². The average molecular weight is 443 g/mol. The molecule has 3 rings (SSSR count). The zero-order valence-electron chi connectivity index (χ0n) is 16.6. The maximum absolute atomic E-state index is 12.4. The Hall–Kier alpha value is -3.39. The molecule has 1 aliphatic heterocycles. The molecule has 5 N–H and O–H groups in total. The third-order valence-corrected chi connectivity index (χ3v) is 5.18. The van der Waals surface area contributed by atoms with E-state index in [2.05, 4.69) is 16.0 Å². The molecule has 2 aromatic carbocycles. The second-order valence-corrected chi connectivity index (χ2v) is 7.81. The van der Waals surface area contributed by atoms with Gasteiger partial charge in [0.25, 0.3) is 0 Å². The second kappa shape index (κ2) is 10.1. The smallest absolute Gasteiger partial charge is 0.243 e. The highest BCUT2D eigenvalue weighted by atomic mass is 35.5.